The van der Waals surface area contributed by atoms with Gasteiger partial charge in [0, 0.05) is 17.3 Å². The Balaban J connectivity index is 2.13. The quantitative estimate of drug-likeness (QED) is 0.466. The minimum Gasteiger partial charge on any atom is -0.478 e. The molecule has 0 aliphatic rings. The van der Waals surface area contributed by atoms with Gasteiger partial charge in [-0.05, 0) is 60.5 Å². The molecule has 3 aromatic rings. The van der Waals surface area contributed by atoms with E-state index in [2.05, 4.69) is 4.98 Å². The van der Waals surface area contributed by atoms with Crippen LogP contribution in [0.25, 0.3) is 22.4 Å². The third kappa shape index (κ3) is 4.40. The number of benzene rings is 2. The van der Waals surface area contributed by atoms with E-state index in [-0.39, 0.29) is 27.8 Å². The number of carbonyl (C=O) groups is 4. The van der Waals surface area contributed by atoms with Crippen LogP contribution in [0, 0.1) is 6.92 Å². The van der Waals surface area contributed by atoms with Crippen molar-refractivity contribution in [1.82, 2.24) is 4.98 Å². The van der Waals surface area contributed by atoms with E-state index in [9.17, 15) is 39.6 Å². The fourth-order valence-electron chi connectivity index (χ4n) is 3.09. The van der Waals surface area contributed by atoms with Gasteiger partial charge in [0.05, 0.1) is 27.9 Å². The van der Waals surface area contributed by atoms with Gasteiger partial charge in [0.15, 0.2) is 0 Å². The maximum atomic E-state index is 11.3. The van der Waals surface area contributed by atoms with Crippen molar-refractivity contribution < 1.29 is 39.6 Å². The molecule has 0 amide bonds. The fraction of sp³-hybridized carbons (Fsp3) is 0.0455. The Labute approximate surface area is 174 Å². The van der Waals surface area contributed by atoms with Crippen molar-refractivity contribution in [2.75, 3.05) is 0 Å². The molecule has 0 atom stereocenters. The van der Waals surface area contributed by atoms with Crippen molar-refractivity contribution >= 4 is 23.9 Å². The summed E-state index contributed by atoms with van der Waals surface area (Å²) >= 11 is 0. The van der Waals surface area contributed by atoms with Gasteiger partial charge in [-0.1, -0.05) is 0 Å². The van der Waals surface area contributed by atoms with E-state index < -0.39 is 23.9 Å². The summed E-state index contributed by atoms with van der Waals surface area (Å²) in [5, 5.41) is 37.0. The van der Waals surface area contributed by atoms with E-state index in [1.807, 2.05) is 0 Å². The van der Waals surface area contributed by atoms with Crippen molar-refractivity contribution in [3.05, 3.63) is 76.5 Å². The Morgan fingerprint density at radius 3 is 1.32 bits per heavy atom. The third-order valence-electron chi connectivity index (χ3n) is 4.54. The van der Waals surface area contributed by atoms with Crippen LogP contribution < -0.4 is 0 Å². The number of aromatic carboxylic acids is 4. The number of hydrogen-bond donors (Lipinski definition) is 4. The van der Waals surface area contributed by atoms with Crippen LogP contribution in [0.15, 0.2) is 48.7 Å². The lowest BCUT2D eigenvalue weighted by Crippen LogP contribution is -2.04. The van der Waals surface area contributed by atoms with Crippen LogP contribution >= 0.6 is 0 Å². The summed E-state index contributed by atoms with van der Waals surface area (Å²) in [6.07, 6.45) is 1.38. The molecule has 0 spiro atoms. The molecule has 4 N–H and O–H groups in total. The van der Waals surface area contributed by atoms with E-state index in [4.69, 9.17) is 0 Å². The molecule has 0 aliphatic carbocycles. The summed E-state index contributed by atoms with van der Waals surface area (Å²) in [6.45, 7) is 1.67. The molecule has 2 aromatic carbocycles. The molecule has 3 rings (SSSR count). The lowest BCUT2D eigenvalue weighted by molar-refractivity contribution is 0.0676. The van der Waals surface area contributed by atoms with Crippen LogP contribution in [0.5, 0.6) is 0 Å². The minimum absolute atomic E-state index is 0.197. The van der Waals surface area contributed by atoms with Gasteiger partial charge in [-0.15, -0.1) is 0 Å². The maximum absolute atomic E-state index is 11.3. The molecule has 0 aliphatic heterocycles. The zero-order chi connectivity index (χ0) is 22.9. The lowest BCUT2D eigenvalue weighted by atomic mass is 9.97. The SMILES string of the molecule is Cc1cc(-c2cc(C(=O)O)cc(C(=O)O)c2)cnc1-c1cc(C(=O)O)cc(C(=O)O)c1. The molecular weight excluding hydrogens is 406 g/mol. The number of carboxylic acids is 4. The number of aryl methyl sites for hydroxylation is 1. The summed E-state index contributed by atoms with van der Waals surface area (Å²) in [7, 11) is 0. The van der Waals surface area contributed by atoms with Crippen LogP contribution in [-0.4, -0.2) is 49.3 Å². The van der Waals surface area contributed by atoms with Gasteiger partial charge in [-0.2, -0.15) is 0 Å². The molecule has 1 heterocycles. The van der Waals surface area contributed by atoms with Crippen LogP contribution in [0.3, 0.4) is 0 Å². The standard InChI is InChI=1S/C22H15NO8/c1-10-2-17(11-3-13(19(24)25)7-14(4-11)20(26)27)9-23-18(10)12-5-15(21(28)29)8-16(6-12)22(30)31/h2-9H,1H3,(H,24,25)(H,26,27)(H,28,29)(H,30,31). The molecule has 0 saturated carbocycles. The van der Waals surface area contributed by atoms with Crippen LogP contribution in [0.1, 0.15) is 47.0 Å². The Bertz CT molecular complexity index is 1200. The fourth-order valence-corrected chi connectivity index (χ4v) is 3.09. The summed E-state index contributed by atoms with van der Waals surface area (Å²) < 4.78 is 0. The molecule has 0 bridgehead atoms. The van der Waals surface area contributed by atoms with E-state index in [0.717, 1.165) is 12.1 Å². The van der Waals surface area contributed by atoms with Crippen molar-refractivity contribution in [1.29, 1.82) is 0 Å². The molecule has 1 aromatic heterocycles. The summed E-state index contributed by atoms with van der Waals surface area (Å²) in [6, 6.07) is 8.96. The summed E-state index contributed by atoms with van der Waals surface area (Å²) in [5.74, 6) is -5.13. The Kier molecular flexibility index (Phi) is 5.52. The lowest BCUT2D eigenvalue weighted by Gasteiger charge is -2.11. The first-order valence-electron chi connectivity index (χ1n) is 8.77. The molecule has 0 unspecified atom stereocenters. The van der Waals surface area contributed by atoms with E-state index in [1.165, 1.54) is 30.5 Å². The maximum Gasteiger partial charge on any atom is 0.335 e. The molecular formula is C22H15NO8. The molecule has 0 radical (unpaired) electrons. The highest BCUT2D eigenvalue weighted by molar-refractivity contribution is 5.97. The molecule has 9 nitrogen and oxygen atoms in total. The topological polar surface area (TPSA) is 162 Å². The summed E-state index contributed by atoms with van der Waals surface area (Å²) in [4.78, 5) is 49.7. The second-order valence-corrected chi connectivity index (χ2v) is 6.71. The highest BCUT2D eigenvalue weighted by Crippen LogP contribution is 2.29. The van der Waals surface area contributed by atoms with Gasteiger partial charge >= 0.3 is 23.9 Å². The zero-order valence-electron chi connectivity index (χ0n) is 16.0. The number of carboxylic acid groups (broad SMARTS) is 4. The van der Waals surface area contributed by atoms with Gasteiger partial charge in [0.2, 0.25) is 0 Å². The molecule has 0 fully saturated rings. The highest BCUT2D eigenvalue weighted by atomic mass is 16.4. The smallest absolute Gasteiger partial charge is 0.335 e. The van der Waals surface area contributed by atoms with Gasteiger partial charge in [0.25, 0.3) is 0 Å². The van der Waals surface area contributed by atoms with Crippen molar-refractivity contribution in [3.63, 3.8) is 0 Å². The van der Waals surface area contributed by atoms with Crippen molar-refractivity contribution in [3.8, 4) is 22.4 Å². The largest absolute Gasteiger partial charge is 0.478 e. The van der Waals surface area contributed by atoms with Crippen molar-refractivity contribution in [2.24, 2.45) is 0 Å². The Hall–Kier alpha value is -4.53. The monoisotopic (exact) mass is 421 g/mol. The van der Waals surface area contributed by atoms with Crippen LogP contribution in [-0.2, 0) is 0 Å². The second kappa shape index (κ2) is 8.07. The average molecular weight is 421 g/mol. The Morgan fingerprint density at radius 2 is 0.968 bits per heavy atom. The van der Waals surface area contributed by atoms with Gasteiger partial charge in [-0.25, -0.2) is 19.2 Å². The molecule has 0 saturated heterocycles. The number of aromatic nitrogens is 1. The van der Waals surface area contributed by atoms with Crippen LogP contribution in [0.4, 0.5) is 0 Å². The third-order valence-corrected chi connectivity index (χ3v) is 4.54. The zero-order valence-corrected chi connectivity index (χ0v) is 16.0. The van der Waals surface area contributed by atoms with Crippen molar-refractivity contribution in [2.45, 2.75) is 6.92 Å². The van der Waals surface area contributed by atoms with Crippen LogP contribution in [0.2, 0.25) is 0 Å². The first kappa shape index (κ1) is 21.2. The van der Waals surface area contributed by atoms with Gasteiger partial charge in [0.1, 0.15) is 0 Å². The van der Waals surface area contributed by atoms with E-state index >= 15 is 0 Å². The number of hydrogen-bond acceptors (Lipinski definition) is 5. The molecule has 156 valence electrons. The highest BCUT2D eigenvalue weighted by Gasteiger charge is 2.16. The number of nitrogens with zero attached hydrogens (tertiary/aromatic N) is 1. The predicted octanol–water partition coefficient (Wildman–Crippen LogP) is 3.52. The summed E-state index contributed by atoms with van der Waals surface area (Å²) in [5.41, 5.74) is 1.13. The van der Waals surface area contributed by atoms with E-state index in [1.54, 1.807) is 13.0 Å². The first-order chi connectivity index (χ1) is 14.6. The second-order valence-electron chi connectivity index (χ2n) is 6.71. The number of rotatable bonds is 6. The predicted molar refractivity (Wildman–Crippen MR) is 108 cm³/mol. The first-order valence-corrected chi connectivity index (χ1v) is 8.77. The molecule has 31 heavy (non-hydrogen) atoms. The van der Waals surface area contributed by atoms with Gasteiger partial charge in [-0.3, -0.25) is 4.98 Å². The minimum atomic E-state index is -1.29. The normalized spacial score (nSPS) is 10.5. The Morgan fingerprint density at radius 1 is 0.581 bits per heavy atom. The van der Waals surface area contributed by atoms with E-state index in [0.29, 0.717) is 22.4 Å². The molecule has 9 heteroatoms. The number of pyridine rings is 1. The van der Waals surface area contributed by atoms with Gasteiger partial charge < -0.3 is 20.4 Å². The average Bonchev–Trinajstić information content (AvgIpc) is 2.72.